The number of anilines is 1. The van der Waals surface area contributed by atoms with E-state index in [1.165, 1.54) is 4.90 Å². The largest absolute Gasteiger partial charge is 0.465 e. The first-order chi connectivity index (χ1) is 8.00. The SMILES string of the molecule is CN(C(=O)CCNC(=O)O)c1ccc(Br)nc1. The van der Waals surface area contributed by atoms with Crippen LogP contribution >= 0.6 is 15.9 Å². The second-order valence-electron chi connectivity index (χ2n) is 3.27. The van der Waals surface area contributed by atoms with Crippen molar-refractivity contribution in [3.8, 4) is 0 Å². The molecule has 17 heavy (non-hydrogen) atoms. The highest BCUT2D eigenvalue weighted by molar-refractivity contribution is 9.10. The predicted octanol–water partition coefficient (Wildman–Crippen LogP) is 1.46. The first-order valence-electron chi connectivity index (χ1n) is 4.85. The van der Waals surface area contributed by atoms with Gasteiger partial charge in [0.25, 0.3) is 0 Å². The molecule has 1 aromatic heterocycles. The highest BCUT2D eigenvalue weighted by Crippen LogP contribution is 2.14. The Bertz CT molecular complexity index is 408. The van der Waals surface area contributed by atoms with Crippen molar-refractivity contribution >= 4 is 33.6 Å². The smallest absolute Gasteiger partial charge is 0.404 e. The van der Waals surface area contributed by atoms with Gasteiger partial charge in [0.15, 0.2) is 0 Å². The molecule has 0 atom stereocenters. The van der Waals surface area contributed by atoms with Crippen molar-refractivity contribution in [3.63, 3.8) is 0 Å². The summed E-state index contributed by atoms with van der Waals surface area (Å²) in [7, 11) is 1.62. The van der Waals surface area contributed by atoms with Crippen molar-refractivity contribution in [1.29, 1.82) is 0 Å². The average molecular weight is 302 g/mol. The van der Waals surface area contributed by atoms with Gasteiger partial charge in [0.2, 0.25) is 5.91 Å². The molecule has 0 bridgehead atoms. The molecule has 0 fully saturated rings. The molecule has 92 valence electrons. The third-order valence-corrected chi connectivity index (χ3v) is 2.56. The maximum atomic E-state index is 11.7. The minimum absolute atomic E-state index is 0.0997. The fourth-order valence-corrected chi connectivity index (χ4v) is 1.39. The molecule has 0 aliphatic heterocycles. The molecule has 0 saturated carbocycles. The Kier molecular flexibility index (Phi) is 4.89. The molecule has 1 rings (SSSR count). The number of rotatable bonds is 4. The van der Waals surface area contributed by atoms with Crippen LogP contribution in [0.4, 0.5) is 10.5 Å². The fraction of sp³-hybridized carbons (Fsp3) is 0.300. The Labute approximate surface area is 107 Å². The summed E-state index contributed by atoms with van der Waals surface area (Å²) in [6.45, 7) is 0.0997. The minimum atomic E-state index is -1.13. The maximum absolute atomic E-state index is 11.7. The molecule has 0 aliphatic rings. The van der Waals surface area contributed by atoms with Crippen LogP contribution in [0, 0.1) is 0 Å². The summed E-state index contributed by atoms with van der Waals surface area (Å²) in [5.41, 5.74) is 0.661. The van der Waals surface area contributed by atoms with E-state index in [1.807, 2.05) is 0 Å². The lowest BCUT2D eigenvalue weighted by Crippen LogP contribution is -2.31. The van der Waals surface area contributed by atoms with Crippen LogP contribution in [-0.4, -0.2) is 35.7 Å². The van der Waals surface area contributed by atoms with Gasteiger partial charge in [0.05, 0.1) is 11.9 Å². The highest BCUT2D eigenvalue weighted by Gasteiger charge is 2.11. The van der Waals surface area contributed by atoms with E-state index in [9.17, 15) is 9.59 Å². The quantitative estimate of drug-likeness (QED) is 0.825. The number of hydrogen-bond donors (Lipinski definition) is 2. The third kappa shape index (κ3) is 4.39. The van der Waals surface area contributed by atoms with Gasteiger partial charge in [0, 0.05) is 20.0 Å². The Hall–Kier alpha value is -1.63. The van der Waals surface area contributed by atoms with E-state index < -0.39 is 6.09 Å². The maximum Gasteiger partial charge on any atom is 0.404 e. The molecule has 7 heteroatoms. The van der Waals surface area contributed by atoms with E-state index in [4.69, 9.17) is 5.11 Å². The summed E-state index contributed by atoms with van der Waals surface area (Å²) >= 11 is 3.20. The lowest BCUT2D eigenvalue weighted by molar-refractivity contribution is -0.118. The lowest BCUT2D eigenvalue weighted by atomic mass is 10.3. The monoisotopic (exact) mass is 301 g/mol. The molecule has 0 radical (unpaired) electrons. The molecule has 0 aromatic carbocycles. The first kappa shape index (κ1) is 13.4. The van der Waals surface area contributed by atoms with Crippen LogP contribution in [0.1, 0.15) is 6.42 Å². The van der Waals surface area contributed by atoms with Gasteiger partial charge in [-0.15, -0.1) is 0 Å². The van der Waals surface area contributed by atoms with Gasteiger partial charge in [-0.1, -0.05) is 0 Å². The van der Waals surface area contributed by atoms with Gasteiger partial charge < -0.3 is 15.3 Å². The van der Waals surface area contributed by atoms with Gasteiger partial charge in [-0.05, 0) is 28.1 Å². The zero-order valence-electron chi connectivity index (χ0n) is 9.18. The standard InChI is InChI=1S/C10H12BrN3O3/c1-14(7-2-3-8(11)13-6-7)9(15)4-5-12-10(16)17/h2-3,6,12H,4-5H2,1H3,(H,16,17). The summed E-state index contributed by atoms with van der Waals surface area (Å²) in [5, 5.41) is 10.5. The van der Waals surface area contributed by atoms with Crippen LogP contribution in [-0.2, 0) is 4.79 Å². The van der Waals surface area contributed by atoms with Crippen LogP contribution < -0.4 is 10.2 Å². The van der Waals surface area contributed by atoms with E-state index >= 15 is 0 Å². The topological polar surface area (TPSA) is 82.5 Å². The summed E-state index contributed by atoms with van der Waals surface area (Å²) in [6.07, 6.45) is 0.539. The number of halogens is 1. The van der Waals surface area contributed by atoms with Gasteiger partial charge in [-0.3, -0.25) is 4.79 Å². The summed E-state index contributed by atoms with van der Waals surface area (Å²) < 4.78 is 0.689. The molecule has 1 aromatic rings. The highest BCUT2D eigenvalue weighted by atomic mass is 79.9. The van der Waals surface area contributed by atoms with E-state index in [0.29, 0.717) is 10.3 Å². The summed E-state index contributed by atoms with van der Waals surface area (Å²) in [4.78, 5) is 27.3. The van der Waals surface area contributed by atoms with E-state index in [0.717, 1.165) is 0 Å². The number of carbonyl (C=O) groups excluding carboxylic acids is 1. The number of hydrogen-bond acceptors (Lipinski definition) is 3. The lowest BCUT2D eigenvalue weighted by Gasteiger charge is -2.16. The van der Waals surface area contributed by atoms with Gasteiger partial charge in [-0.2, -0.15) is 0 Å². The van der Waals surface area contributed by atoms with Gasteiger partial charge in [-0.25, -0.2) is 9.78 Å². The van der Waals surface area contributed by atoms with Crippen LogP contribution in [0.25, 0.3) is 0 Å². The zero-order chi connectivity index (χ0) is 12.8. The van der Waals surface area contributed by atoms with Crippen molar-refractivity contribution in [1.82, 2.24) is 10.3 Å². The normalized spacial score (nSPS) is 9.76. The van der Waals surface area contributed by atoms with Crippen molar-refractivity contribution < 1.29 is 14.7 Å². The van der Waals surface area contributed by atoms with E-state index in [1.54, 1.807) is 25.4 Å². The van der Waals surface area contributed by atoms with E-state index in [2.05, 4.69) is 26.2 Å². The zero-order valence-corrected chi connectivity index (χ0v) is 10.8. The number of nitrogens with one attached hydrogen (secondary N) is 1. The number of carbonyl (C=O) groups is 2. The molecule has 2 N–H and O–H groups in total. The Morgan fingerprint density at radius 3 is 2.76 bits per heavy atom. The van der Waals surface area contributed by atoms with E-state index in [-0.39, 0.29) is 18.9 Å². The molecular weight excluding hydrogens is 290 g/mol. The first-order valence-corrected chi connectivity index (χ1v) is 5.65. The van der Waals surface area contributed by atoms with Gasteiger partial charge >= 0.3 is 6.09 Å². The Morgan fingerprint density at radius 2 is 2.24 bits per heavy atom. The molecule has 0 aliphatic carbocycles. The number of nitrogens with zero attached hydrogens (tertiary/aromatic N) is 2. The molecule has 6 nitrogen and oxygen atoms in total. The van der Waals surface area contributed by atoms with Crippen LogP contribution in [0.15, 0.2) is 22.9 Å². The fourth-order valence-electron chi connectivity index (χ4n) is 1.15. The van der Waals surface area contributed by atoms with Crippen LogP contribution in [0.5, 0.6) is 0 Å². The molecule has 2 amide bonds. The predicted molar refractivity (Wildman–Crippen MR) is 66.0 cm³/mol. The number of pyridine rings is 1. The van der Waals surface area contributed by atoms with Crippen LogP contribution in [0.2, 0.25) is 0 Å². The third-order valence-electron chi connectivity index (χ3n) is 2.09. The summed E-state index contributed by atoms with van der Waals surface area (Å²) in [6, 6.07) is 3.48. The van der Waals surface area contributed by atoms with Crippen molar-refractivity contribution in [2.24, 2.45) is 0 Å². The van der Waals surface area contributed by atoms with Crippen molar-refractivity contribution in [2.45, 2.75) is 6.42 Å². The number of amides is 2. The molecule has 1 heterocycles. The van der Waals surface area contributed by atoms with Crippen LogP contribution in [0.3, 0.4) is 0 Å². The van der Waals surface area contributed by atoms with Crippen molar-refractivity contribution in [2.75, 3.05) is 18.5 Å². The number of carboxylic acid groups (broad SMARTS) is 1. The van der Waals surface area contributed by atoms with Gasteiger partial charge in [0.1, 0.15) is 4.60 Å². The second kappa shape index (κ2) is 6.19. The average Bonchev–Trinajstić information content (AvgIpc) is 2.28. The Balaban J connectivity index is 2.51. The second-order valence-corrected chi connectivity index (χ2v) is 4.09. The molecule has 0 unspecified atom stereocenters. The summed E-state index contributed by atoms with van der Waals surface area (Å²) in [5.74, 6) is -0.178. The Morgan fingerprint density at radius 1 is 1.53 bits per heavy atom. The minimum Gasteiger partial charge on any atom is -0.465 e. The van der Waals surface area contributed by atoms with Crippen molar-refractivity contribution in [3.05, 3.63) is 22.9 Å². The molecular formula is C10H12BrN3O3. The molecule has 0 saturated heterocycles. The number of aromatic nitrogens is 1. The molecule has 0 spiro atoms.